The first-order chi connectivity index (χ1) is 16.0. The van der Waals surface area contributed by atoms with E-state index in [-0.39, 0.29) is 5.82 Å². The standard InChI is InChI=1S/C27H34FN3O2/c1-4-7-13-23(32)19-30(18-5-2)20-25-26(6-3)29-31(22-11-9-8-10-12-22)27(25)33-24-16-14-21(28)15-17-24/h4,8-12,14-17,23,32H,1,5-7,13,18-20H2,2-3H3/t23-/m1/s1. The summed E-state index contributed by atoms with van der Waals surface area (Å²) in [6, 6.07) is 15.9. The maximum Gasteiger partial charge on any atom is 0.227 e. The molecule has 0 saturated heterocycles. The van der Waals surface area contributed by atoms with Crippen molar-refractivity contribution in [3.8, 4) is 17.3 Å². The van der Waals surface area contributed by atoms with Crippen molar-refractivity contribution in [2.75, 3.05) is 13.1 Å². The van der Waals surface area contributed by atoms with Crippen LogP contribution in [0.5, 0.6) is 11.6 Å². The third-order valence-corrected chi connectivity index (χ3v) is 5.48. The molecule has 3 rings (SSSR count). The fraction of sp³-hybridized carbons (Fsp3) is 0.370. The molecule has 176 valence electrons. The van der Waals surface area contributed by atoms with Gasteiger partial charge < -0.3 is 9.84 Å². The van der Waals surface area contributed by atoms with Gasteiger partial charge in [0.2, 0.25) is 5.88 Å². The highest BCUT2D eigenvalue weighted by Gasteiger charge is 2.23. The highest BCUT2D eigenvalue weighted by Crippen LogP contribution is 2.32. The second-order valence-corrected chi connectivity index (χ2v) is 8.14. The molecule has 1 atom stereocenters. The lowest BCUT2D eigenvalue weighted by Crippen LogP contribution is -2.33. The van der Waals surface area contributed by atoms with E-state index in [2.05, 4.69) is 25.3 Å². The molecule has 6 heteroatoms. The van der Waals surface area contributed by atoms with Gasteiger partial charge in [-0.3, -0.25) is 4.90 Å². The van der Waals surface area contributed by atoms with Crippen LogP contribution in [0.3, 0.4) is 0 Å². The minimum atomic E-state index is -0.426. The van der Waals surface area contributed by atoms with Crippen LogP contribution in [0.1, 0.15) is 44.4 Å². The van der Waals surface area contributed by atoms with Gasteiger partial charge in [-0.25, -0.2) is 9.07 Å². The molecule has 0 bridgehead atoms. The summed E-state index contributed by atoms with van der Waals surface area (Å²) in [6.45, 7) is 9.98. The van der Waals surface area contributed by atoms with Crippen molar-refractivity contribution in [3.05, 3.63) is 84.3 Å². The lowest BCUT2D eigenvalue weighted by molar-refractivity contribution is 0.102. The van der Waals surface area contributed by atoms with Crippen LogP contribution in [0.4, 0.5) is 4.39 Å². The van der Waals surface area contributed by atoms with E-state index in [1.807, 2.05) is 41.1 Å². The van der Waals surface area contributed by atoms with E-state index in [4.69, 9.17) is 9.84 Å². The van der Waals surface area contributed by atoms with Gasteiger partial charge in [0.25, 0.3) is 0 Å². The first-order valence-electron chi connectivity index (χ1n) is 11.7. The van der Waals surface area contributed by atoms with Crippen LogP contribution in [0.15, 0.2) is 67.3 Å². The van der Waals surface area contributed by atoms with Gasteiger partial charge >= 0.3 is 0 Å². The van der Waals surface area contributed by atoms with E-state index >= 15 is 0 Å². The molecule has 1 N–H and O–H groups in total. The summed E-state index contributed by atoms with van der Waals surface area (Å²) in [7, 11) is 0. The van der Waals surface area contributed by atoms with Crippen molar-refractivity contribution >= 4 is 0 Å². The average Bonchev–Trinajstić information content (AvgIpc) is 3.16. The van der Waals surface area contributed by atoms with Crippen LogP contribution < -0.4 is 4.74 Å². The normalized spacial score (nSPS) is 12.2. The zero-order valence-electron chi connectivity index (χ0n) is 19.6. The number of benzene rings is 2. The summed E-state index contributed by atoms with van der Waals surface area (Å²) < 4.78 is 21.6. The van der Waals surface area contributed by atoms with Crippen molar-refractivity contribution in [1.82, 2.24) is 14.7 Å². The van der Waals surface area contributed by atoms with Crippen molar-refractivity contribution < 1.29 is 14.2 Å². The van der Waals surface area contributed by atoms with Gasteiger partial charge in [-0.2, -0.15) is 5.10 Å². The van der Waals surface area contributed by atoms with E-state index in [1.165, 1.54) is 12.1 Å². The fourth-order valence-corrected chi connectivity index (χ4v) is 3.86. The smallest absolute Gasteiger partial charge is 0.227 e. The number of hydrogen-bond donors (Lipinski definition) is 1. The summed E-state index contributed by atoms with van der Waals surface area (Å²) in [5.41, 5.74) is 2.82. The fourth-order valence-electron chi connectivity index (χ4n) is 3.86. The number of aliphatic hydroxyl groups is 1. The quantitative estimate of drug-likeness (QED) is 0.329. The lowest BCUT2D eigenvalue weighted by Gasteiger charge is -2.25. The molecule has 0 radical (unpaired) electrons. The molecule has 5 nitrogen and oxygen atoms in total. The second-order valence-electron chi connectivity index (χ2n) is 8.14. The molecule has 2 aromatic carbocycles. The maximum atomic E-state index is 13.5. The van der Waals surface area contributed by atoms with Crippen molar-refractivity contribution in [1.29, 1.82) is 0 Å². The Kier molecular flexibility index (Phi) is 9.22. The zero-order valence-corrected chi connectivity index (χ0v) is 19.6. The van der Waals surface area contributed by atoms with Gasteiger partial charge in [0.1, 0.15) is 11.6 Å². The summed E-state index contributed by atoms with van der Waals surface area (Å²) in [5.74, 6) is 0.854. The number of hydrogen-bond acceptors (Lipinski definition) is 4. The third-order valence-electron chi connectivity index (χ3n) is 5.48. The number of aromatic nitrogens is 2. The maximum absolute atomic E-state index is 13.5. The van der Waals surface area contributed by atoms with Crippen molar-refractivity contribution in [3.63, 3.8) is 0 Å². The molecule has 1 heterocycles. The Hall–Kier alpha value is -2.96. The Balaban J connectivity index is 1.99. The number of aliphatic hydroxyl groups excluding tert-OH is 1. The Morgan fingerprint density at radius 1 is 1.15 bits per heavy atom. The number of ether oxygens (including phenoxy) is 1. The molecule has 1 aromatic heterocycles. The van der Waals surface area contributed by atoms with Crippen LogP contribution >= 0.6 is 0 Å². The molecule has 0 aliphatic heterocycles. The molecule has 0 unspecified atom stereocenters. The zero-order chi connectivity index (χ0) is 23.6. The molecule has 0 spiro atoms. The first-order valence-corrected chi connectivity index (χ1v) is 11.7. The van der Waals surface area contributed by atoms with Gasteiger partial charge in [0.15, 0.2) is 0 Å². The Morgan fingerprint density at radius 2 is 1.88 bits per heavy atom. The molecule has 0 fully saturated rings. The van der Waals surface area contributed by atoms with Gasteiger partial charge in [-0.1, -0.05) is 38.1 Å². The second kappa shape index (κ2) is 12.3. The summed E-state index contributed by atoms with van der Waals surface area (Å²) in [4.78, 5) is 2.25. The van der Waals surface area contributed by atoms with E-state index < -0.39 is 6.10 Å². The highest BCUT2D eigenvalue weighted by molar-refractivity contribution is 5.43. The Bertz CT molecular complexity index is 1000. The van der Waals surface area contributed by atoms with Gasteiger partial charge in [0.05, 0.1) is 23.0 Å². The van der Waals surface area contributed by atoms with Crippen LogP contribution in [0, 0.1) is 5.82 Å². The largest absolute Gasteiger partial charge is 0.439 e. The molecule has 0 amide bonds. The van der Waals surface area contributed by atoms with Crippen LogP contribution in [0.25, 0.3) is 5.69 Å². The predicted molar refractivity (Wildman–Crippen MR) is 130 cm³/mol. The first kappa shape index (κ1) is 24.7. The number of para-hydroxylation sites is 1. The lowest BCUT2D eigenvalue weighted by atomic mass is 10.1. The monoisotopic (exact) mass is 451 g/mol. The number of nitrogens with zero attached hydrogens (tertiary/aromatic N) is 3. The topological polar surface area (TPSA) is 50.5 Å². The summed E-state index contributed by atoms with van der Waals surface area (Å²) in [5, 5.41) is 15.4. The third kappa shape index (κ3) is 6.76. The number of aryl methyl sites for hydroxylation is 1. The Labute approximate surface area is 196 Å². The van der Waals surface area contributed by atoms with E-state index in [0.29, 0.717) is 31.1 Å². The van der Waals surface area contributed by atoms with Crippen LogP contribution in [-0.4, -0.2) is 39.0 Å². The number of rotatable bonds is 13. The van der Waals surface area contributed by atoms with Crippen LogP contribution in [-0.2, 0) is 13.0 Å². The van der Waals surface area contributed by atoms with Gasteiger partial charge in [-0.05, 0) is 68.6 Å². The minimum Gasteiger partial charge on any atom is -0.439 e. The van der Waals surface area contributed by atoms with E-state index in [9.17, 15) is 9.50 Å². The average molecular weight is 452 g/mol. The summed E-state index contributed by atoms with van der Waals surface area (Å²) >= 11 is 0. The highest BCUT2D eigenvalue weighted by atomic mass is 19.1. The van der Waals surface area contributed by atoms with Crippen molar-refractivity contribution in [2.45, 2.75) is 52.2 Å². The van der Waals surface area contributed by atoms with Gasteiger partial charge in [-0.15, -0.1) is 6.58 Å². The molecule has 3 aromatic rings. The van der Waals surface area contributed by atoms with Gasteiger partial charge in [0, 0.05) is 13.1 Å². The minimum absolute atomic E-state index is 0.309. The molecule has 0 saturated carbocycles. The SMILES string of the molecule is C=CCC[C@@H](O)CN(CCC)Cc1c(CC)nn(-c2ccccc2)c1Oc1ccc(F)cc1. The molecule has 33 heavy (non-hydrogen) atoms. The number of halogens is 1. The Morgan fingerprint density at radius 3 is 2.52 bits per heavy atom. The summed E-state index contributed by atoms with van der Waals surface area (Å²) in [6.07, 6.45) is 4.59. The molecule has 0 aliphatic carbocycles. The molecule has 0 aliphatic rings. The van der Waals surface area contributed by atoms with Crippen molar-refractivity contribution in [2.24, 2.45) is 0 Å². The molecular formula is C27H34FN3O2. The molecular weight excluding hydrogens is 417 g/mol. The predicted octanol–water partition coefficient (Wildman–Crippen LogP) is 5.91. The van der Waals surface area contributed by atoms with Crippen LogP contribution in [0.2, 0.25) is 0 Å². The number of allylic oxidation sites excluding steroid dienone is 1. The van der Waals surface area contributed by atoms with E-state index in [1.54, 1.807) is 12.1 Å². The van der Waals surface area contributed by atoms with E-state index in [0.717, 1.165) is 42.8 Å².